The summed E-state index contributed by atoms with van der Waals surface area (Å²) in [6.45, 7) is 0.201. The van der Waals surface area contributed by atoms with E-state index in [0.717, 1.165) is 10.0 Å². The molecule has 0 atom stereocenters. The minimum atomic E-state index is -0.904. The van der Waals surface area contributed by atoms with Crippen LogP contribution in [0.2, 0.25) is 5.02 Å². The lowest BCUT2D eigenvalue weighted by molar-refractivity contribution is -0.136. The van der Waals surface area contributed by atoms with Gasteiger partial charge in [-0.3, -0.25) is 19.8 Å². The van der Waals surface area contributed by atoms with Crippen LogP contribution in [-0.4, -0.2) is 22.4 Å². The highest BCUT2D eigenvalue weighted by atomic mass is 79.9. The number of para-hydroxylation sites is 1. The summed E-state index contributed by atoms with van der Waals surface area (Å²) in [5.41, 5.74) is 4.49. The second-order valence-electron chi connectivity index (χ2n) is 7.11. The van der Waals surface area contributed by atoms with Crippen molar-refractivity contribution in [1.29, 1.82) is 0 Å². The van der Waals surface area contributed by atoms with Crippen LogP contribution in [0.25, 0.3) is 10.9 Å². The number of nitrogens with zero attached hydrogens (tertiary/aromatic N) is 1. The van der Waals surface area contributed by atoms with Crippen LogP contribution >= 0.6 is 27.5 Å². The molecule has 0 bridgehead atoms. The molecule has 33 heavy (non-hydrogen) atoms. The first-order valence-corrected chi connectivity index (χ1v) is 11.1. The number of anilines is 1. The molecule has 9 heteroatoms. The van der Waals surface area contributed by atoms with Crippen molar-refractivity contribution < 1.29 is 14.4 Å². The van der Waals surface area contributed by atoms with Crippen molar-refractivity contribution in [1.82, 2.24) is 9.99 Å². The molecule has 0 aliphatic rings. The summed E-state index contributed by atoms with van der Waals surface area (Å²) in [4.78, 5) is 38.1. The van der Waals surface area contributed by atoms with Crippen molar-refractivity contribution in [2.45, 2.75) is 6.54 Å². The Balaban J connectivity index is 1.59. The Bertz CT molecular complexity index is 1350. The zero-order valence-corrected chi connectivity index (χ0v) is 19.5. The van der Waals surface area contributed by atoms with Crippen LogP contribution in [-0.2, 0) is 16.1 Å². The molecule has 0 aliphatic carbocycles. The molecular weight excluding hydrogens is 508 g/mol. The first kappa shape index (κ1) is 22.6. The Labute approximate surface area is 202 Å². The van der Waals surface area contributed by atoms with Crippen LogP contribution in [0.4, 0.5) is 5.69 Å². The summed E-state index contributed by atoms with van der Waals surface area (Å²) in [5.74, 6) is -2.23. The fourth-order valence-electron chi connectivity index (χ4n) is 3.23. The van der Waals surface area contributed by atoms with Crippen molar-refractivity contribution in [2.24, 2.45) is 0 Å². The summed E-state index contributed by atoms with van der Waals surface area (Å²) >= 11 is 9.56. The third kappa shape index (κ3) is 5.24. The van der Waals surface area contributed by atoms with E-state index in [0.29, 0.717) is 21.6 Å². The highest BCUT2D eigenvalue weighted by Gasteiger charge is 2.21. The molecule has 166 valence electrons. The van der Waals surface area contributed by atoms with Gasteiger partial charge in [0.1, 0.15) is 5.69 Å². The van der Waals surface area contributed by atoms with E-state index < -0.39 is 17.7 Å². The second kappa shape index (κ2) is 9.89. The van der Waals surface area contributed by atoms with Crippen molar-refractivity contribution in [3.05, 3.63) is 99.6 Å². The number of carbonyl (C=O) groups excluding carboxylic acids is 3. The molecule has 3 N–H and O–H groups in total. The number of hydrogen-bond acceptors (Lipinski definition) is 3. The van der Waals surface area contributed by atoms with Gasteiger partial charge in [-0.15, -0.1) is 0 Å². The van der Waals surface area contributed by atoms with E-state index in [1.165, 1.54) is 4.68 Å². The number of carbonyl (C=O) groups is 3. The Morgan fingerprint density at radius 2 is 1.61 bits per heavy atom. The van der Waals surface area contributed by atoms with Crippen LogP contribution in [0.15, 0.2) is 83.3 Å². The summed E-state index contributed by atoms with van der Waals surface area (Å²) in [7, 11) is 0. The number of fused-ring (bicyclic) bond motifs is 1. The standard InChI is InChI=1S/C24H18BrClN4O3/c25-17-10-11-20-16(12-17)13-21(22(31)28-19-9-5-4-8-18(19)26)30(20)29-24(33)23(32)27-14-15-6-2-1-3-7-15/h1-13H,14H2,(H,27,32)(H,28,31)(H,29,33). The first-order chi connectivity index (χ1) is 15.9. The first-order valence-electron chi connectivity index (χ1n) is 9.92. The quantitative estimate of drug-likeness (QED) is 0.330. The molecule has 3 aromatic carbocycles. The second-order valence-corrected chi connectivity index (χ2v) is 8.43. The Morgan fingerprint density at radius 3 is 2.36 bits per heavy atom. The maximum atomic E-state index is 13.0. The van der Waals surface area contributed by atoms with E-state index in [-0.39, 0.29) is 12.2 Å². The smallest absolute Gasteiger partial charge is 0.328 e. The molecule has 0 spiro atoms. The molecule has 7 nitrogen and oxygen atoms in total. The van der Waals surface area contributed by atoms with E-state index in [1.54, 1.807) is 48.5 Å². The van der Waals surface area contributed by atoms with Gasteiger partial charge in [0, 0.05) is 16.4 Å². The summed E-state index contributed by atoms with van der Waals surface area (Å²) < 4.78 is 2.09. The zero-order chi connectivity index (χ0) is 23.4. The van der Waals surface area contributed by atoms with Crippen LogP contribution in [0.1, 0.15) is 16.1 Å². The van der Waals surface area contributed by atoms with Gasteiger partial charge < -0.3 is 10.6 Å². The van der Waals surface area contributed by atoms with Crippen LogP contribution in [0.5, 0.6) is 0 Å². The van der Waals surface area contributed by atoms with Crippen LogP contribution in [0.3, 0.4) is 0 Å². The van der Waals surface area contributed by atoms with Gasteiger partial charge >= 0.3 is 11.8 Å². The van der Waals surface area contributed by atoms with Crippen molar-refractivity contribution in [3.63, 3.8) is 0 Å². The monoisotopic (exact) mass is 524 g/mol. The molecule has 4 rings (SSSR count). The maximum absolute atomic E-state index is 13.0. The highest BCUT2D eigenvalue weighted by molar-refractivity contribution is 9.10. The number of benzene rings is 3. The third-order valence-corrected chi connectivity index (χ3v) is 5.66. The van der Waals surface area contributed by atoms with Gasteiger partial charge in [-0.05, 0) is 42.0 Å². The summed E-state index contributed by atoms with van der Waals surface area (Å²) in [5, 5.41) is 6.38. The van der Waals surface area contributed by atoms with E-state index >= 15 is 0 Å². The maximum Gasteiger partial charge on any atom is 0.328 e. The Hall–Kier alpha value is -3.62. The molecule has 1 aromatic heterocycles. The van der Waals surface area contributed by atoms with E-state index in [1.807, 2.05) is 30.3 Å². The van der Waals surface area contributed by atoms with E-state index in [4.69, 9.17) is 11.6 Å². The average molecular weight is 526 g/mol. The molecule has 0 aliphatic heterocycles. The number of hydrogen-bond donors (Lipinski definition) is 3. The van der Waals surface area contributed by atoms with Gasteiger partial charge in [-0.1, -0.05) is 70.0 Å². The molecule has 0 saturated carbocycles. The molecular formula is C24H18BrClN4O3. The summed E-state index contributed by atoms with van der Waals surface area (Å²) in [6, 6.07) is 23.0. The number of halogens is 2. The van der Waals surface area contributed by atoms with Gasteiger partial charge in [-0.25, -0.2) is 4.68 Å². The largest absolute Gasteiger partial charge is 0.344 e. The van der Waals surface area contributed by atoms with Crippen molar-refractivity contribution in [3.8, 4) is 0 Å². The number of rotatable bonds is 5. The highest BCUT2D eigenvalue weighted by Crippen LogP contribution is 2.25. The number of aromatic nitrogens is 1. The Kier molecular flexibility index (Phi) is 6.76. The lowest BCUT2D eigenvalue weighted by Gasteiger charge is -2.13. The fourth-order valence-corrected chi connectivity index (χ4v) is 3.80. The molecule has 4 aromatic rings. The predicted octanol–water partition coefficient (Wildman–Crippen LogP) is 4.70. The zero-order valence-electron chi connectivity index (χ0n) is 17.1. The predicted molar refractivity (Wildman–Crippen MR) is 132 cm³/mol. The van der Waals surface area contributed by atoms with E-state index in [2.05, 4.69) is 32.0 Å². The normalized spacial score (nSPS) is 10.6. The van der Waals surface area contributed by atoms with Gasteiger partial charge in [0.25, 0.3) is 5.91 Å². The lowest BCUT2D eigenvalue weighted by atomic mass is 10.2. The van der Waals surface area contributed by atoms with Crippen molar-refractivity contribution >= 4 is 61.8 Å². The third-order valence-electron chi connectivity index (χ3n) is 4.83. The molecule has 3 amide bonds. The summed E-state index contributed by atoms with van der Waals surface area (Å²) in [6.07, 6.45) is 0. The Morgan fingerprint density at radius 1 is 0.879 bits per heavy atom. The molecule has 0 fully saturated rings. The molecule has 1 heterocycles. The van der Waals surface area contributed by atoms with Gasteiger partial charge in [0.15, 0.2) is 0 Å². The average Bonchev–Trinajstić information content (AvgIpc) is 3.17. The minimum absolute atomic E-state index is 0.132. The fraction of sp³-hybridized carbons (Fsp3) is 0.0417. The topological polar surface area (TPSA) is 92.2 Å². The molecule has 0 saturated heterocycles. The molecule has 0 radical (unpaired) electrons. The van der Waals surface area contributed by atoms with Crippen LogP contribution < -0.4 is 16.1 Å². The lowest BCUT2D eigenvalue weighted by Crippen LogP contribution is -2.39. The molecule has 0 unspecified atom stereocenters. The van der Waals surface area contributed by atoms with E-state index in [9.17, 15) is 14.4 Å². The number of nitrogens with one attached hydrogen (secondary N) is 3. The SMILES string of the molecule is O=C(NCc1ccccc1)C(=O)Nn1c(C(=O)Nc2ccccc2Cl)cc2cc(Br)ccc21. The minimum Gasteiger partial charge on any atom is -0.344 e. The number of amides is 3. The van der Waals surface area contributed by atoms with Crippen molar-refractivity contribution in [2.75, 3.05) is 10.7 Å². The van der Waals surface area contributed by atoms with Gasteiger partial charge in [0.05, 0.1) is 16.2 Å². The van der Waals surface area contributed by atoms with Gasteiger partial charge in [0.2, 0.25) is 0 Å². The van der Waals surface area contributed by atoms with Gasteiger partial charge in [-0.2, -0.15) is 0 Å². The van der Waals surface area contributed by atoms with Crippen LogP contribution in [0, 0.1) is 0 Å².